The van der Waals surface area contributed by atoms with Crippen molar-refractivity contribution in [2.45, 2.75) is 19.5 Å². The van der Waals surface area contributed by atoms with Gasteiger partial charge in [0.05, 0.1) is 18.1 Å². The lowest BCUT2D eigenvalue weighted by Crippen LogP contribution is -2.48. The summed E-state index contributed by atoms with van der Waals surface area (Å²) >= 11 is 0. The first-order valence-corrected chi connectivity index (χ1v) is 10.00. The van der Waals surface area contributed by atoms with Gasteiger partial charge in [-0.15, -0.1) is 10.2 Å². The molecule has 4 heterocycles. The van der Waals surface area contributed by atoms with Crippen molar-refractivity contribution in [2.75, 3.05) is 26.7 Å². The van der Waals surface area contributed by atoms with Crippen molar-refractivity contribution >= 4 is 28.6 Å². The number of piperazine rings is 1. The van der Waals surface area contributed by atoms with E-state index < -0.39 is 0 Å². The van der Waals surface area contributed by atoms with Crippen LogP contribution in [0.25, 0.3) is 22.7 Å². The van der Waals surface area contributed by atoms with Crippen molar-refractivity contribution in [3.8, 4) is 11.5 Å². The Morgan fingerprint density at radius 1 is 1.33 bits per heavy atom. The van der Waals surface area contributed by atoms with Gasteiger partial charge in [-0.2, -0.15) is 0 Å². The van der Waals surface area contributed by atoms with Crippen LogP contribution < -0.4 is 10.1 Å². The molecule has 8 heteroatoms. The first-order chi connectivity index (χ1) is 14.6. The highest BCUT2D eigenvalue weighted by molar-refractivity contribution is 5.94. The number of fused-ring (bicyclic) bond motifs is 2. The molecule has 1 saturated heterocycles. The molecule has 1 atom stereocenters. The van der Waals surface area contributed by atoms with E-state index in [-0.39, 0.29) is 5.75 Å². The number of azo groups is 1. The van der Waals surface area contributed by atoms with Crippen LogP contribution in [-0.4, -0.2) is 47.8 Å². The van der Waals surface area contributed by atoms with Gasteiger partial charge in [0.25, 0.3) is 0 Å². The monoisotopic (exact) mass is 405 g/mol. The normalized spacial score (nSPS) is 20.2. The summed E-state index contributed by atoms with van der Waals surface area (Å²) in [6.07, 6.45) is 3.38. The molecule has 0 spiro atoms. The molecule has 1 fully saturated rings. The van der Waals surface area contributed by atoms with Crippen LogP contribution in [0.15, 0.2) is 45.1 Å². The summed E-state index contributed by atoms with van der Waals surface area (Å²) in [5.41, 5.74) is 2.98. The van der Waals surface area contributed by atoms with E-state index in [1.165, 1.54) is 0 Å². The first kappa shape index (κ1) is 18.8. The molecule has 0 radical (unpaired) electrons. The van der Waals surface area contributed by atoms with Gasteiger partial charge in [-0.3, -0.25) is 4.90 Å². The number of aromatic nitrogens is 1. The average Bonchev–Trinajstić information content (AvgIpc) is 3.30. The zero-order valence-corrected chi connectivity index (χ0v) is 16.9. The van der Waals surface area contributed by atoms with E-state index in [1.807, 2.05) is 24.3 Å². The second-order valence-electron chi connectivity index (χ2n) is 7.63. The van der Waals surface area contributed by atoms with Crippen molar-refractivity contribution in [3.05, 3.63) is 47.3 Å². The fraction of sp³-hybridized carbons (Fsp3) is 0.318. The highest BCUT2D eigenvalue weighted by Gasteiger charge is 2.24. The van der Waals surface area contributed by atoms with E-state index >= 15 is 0 Å². The third kappa shape index (κ3) is 3.24. The first-order valence-electron chi connectivity index (χ1n) is 10.00. The predicted molar refractivity (Wildman–Crippen MR) is 114 cm³/mol. The number of hydrogen-bond acceptors (Lipinski definition) is 8. The molecule has 0 bridgehead atoms. The number of pyridine rings is 1. The lowest BCUT2D eigenvalue weighted by molar-refractivity contribution is 0.197. The van der Waals surface area contributed by atoms with Crippen molar-refractivity contribution in [3.63, 3.8) is 0 Å². The molecule has 0 saturated carbocycles. The maximum absolute atomic E-state index is 10.8. The molecule has 0 amide bonds. The molecule has 30 heavy (non-hydrogen) atoms. The minimum Gasteiger partial charge on any atom is -0.504 e. The summed E-state index contributed by atoms with van der Waals surface area (Å²) in [4.78, 5) is 6.57. The standard InChI is InChI=1S/C22H23N5O3/c1-13-11-27(9-8-23-13)12-16-18(29-2)6-5-15-20(28)19(30-21(15)16)10-17-14-4-3-7-24-22(14)26-25-17/h3-7,10,13,23,28H,8-9,11-12H2,1-2H3. The Morgan fingerprint density at radius 3 is 3.07 bits per heavy atom. The van der Waals surface area contributed by atoms with Crippen LogP contribution in [0.4, 0.5) is 5.82 Å². The Kier molecular flexibility index (Phi) is 4.72. The highest BCUT2D eigenvalue weighted by Crippen LogP contribution is 2.41. The van der Waals surface area contributed by atoms with E-state index in [1.54, 1.807) is 19.4 Å². The minimum absolute atomic E-state index is 0.0858. The summed E-state index contributed by atoms with van der Waals surface area (Å²) < 4.78 is 11.8. The second-order valence-corrected chi connectivity index (χ2v) is 7.63. The molecule has 5 rings (SSSR count). The molecule has 2 aliphatic heterocycles. The van der Waals surface area contributed by atoms with Crippen LogP contribution in [0, 0.1) is 0 Å². The summed E-state index contributed by atoms with van der Waals surface area (Å²) in [6, 6.07) is 7.86. The highest BCUT2D eigenvalue weighted by atomic mass is 16.5. The maximum atomic E-state index is 10.8. The Balaban J connectivity index is 1.57. The number of hydrogen-bond donors (Lipinski definition) is 2. The Bertz CT molecular complexity index is 1170. The third-order valence-corrected chi connectivity index (χ3v) is 5.56. The quantitative estimate of drug-likeness (QED) is 0.683. The number of rotatable bonds is 4. The van der Waals surface area contributed by atoms with E-state index in [0.717, 1.165) is 36.5 Å². The van der Waals surface area contributed by atoms with Crippen LogP contribution >= 0.6 is 0 Å². The molecular formula is C22H23N5O3. The zero-order valence-electron chi connectivity index (χ0n) is 16.9. The lowest BCUT2D eigenvalue weighted by Gasteiger charge is -2.32. The largest absolute Gasteiger partial charge is 0.504 e. The fourth-order valence-corrected chi connectivity index (χ4v) is 4.08. The third-order valence-electron chi connectivity index (χ3n) is 5.56. The van der Waals surface area contributed by atoms with Crippen LogP contribution in [-0.2, 0) is 6.54 Å². The van der Waals surface area contributed by atoms with E-state index in [4.69, 9.17) is 9.15 Å². The maximum Gasteiger partial charge on any atom is 0.183 e. The van der Waals surface area contributed by atoms with Gasteiger partial charge < -0.3 is 19.6 Å². The molecule has 2 N–H and O–H groups in total. The van der Waals surface area contributed by atoms with E-state index in [9.17, 15) is 5.11 Å². The molecule has 1 unspecified atom stereocenters. The number of methoxy groups -OCH3 is 1. The number of ether oxygens (including phenoxy) is 1. The van der Waals surface area contributed by atoms with E-state index in [2.05, 4.69) is 32.4 Å². The van der Waals surface area contributed by atoms with Gasteiger partial charge in [0, 0.05) is 50.1 Å². The van der Waals surface area contributed by atoms with Gasteiger partial charge in [0.15, 0.2) is 17.3 Å². The summed E-state index contributed by atoms with van der Waals surface area (Å²) in [6.45, 7) is 5.68. The molecule has 3 aromatic rings. The van der Waals surface area contributed by atoms with Crippen LogP contribution in [0.5, 0.6) is 11.5 Å². The number of furan rings is 1. The number of benzene rings is 1. The van der Waals surface area contributed by atoms with Gasteiger partial charge in [-0.25, -0.2) is 4.98 Å². The van der Waals surface area contributed by atoms with Crippen molar-refractivity contribution in [1.82, 2.24) is 15.2 Å². The molecule has 154 valence electrons. The summed E-state index contributed by atoms with van der Waals surface area (Å²) in [5, 5.41) is 23.2. The molecule has 8 nitrogen and oxygen atoms in total. The molecule has 2 aromatic heterocycles. The Morgan fingerprint density at radius 2 is 2.23 bits per heavy atom. The van der Waals surface area contributed by atoms with Crippen molar-refractivity contribution in [2.24, 2.45) is 10.2 Å². The number of nitrogens with one attached hydrogen (secondary N) is 1. The minimum atomic E-state index is 0.0858. The van der Waals surface area contributed by atoms with Crippen LogP contribution in [0.2, 0.25) is 0 Å². The van der Waals surface area contributed by atoms with Crippen molar-refractivity contribution in [1.29, 1.82) is 0 Å². The van der Waals surface area contributed by atoms with Gasteiger partial charge in [0.1, 0.15) is 17.0 Å². The zero-order chi connectivity index (χ0) is 20.7. The Labute approximate surface area is 173 Å². The van der Waals surface area contributed by atoms with Gasteiger partial charge in [0.2, 0.25) is 0 Å². The molecule has 1 aromatic carbocycles. The topological polar surface area (TPSA) is 95.5 Å². The molecular weight excluding hydrogens is 382 g/mol. The van der Waals surface area contributed by atoms with Crippen LogP contribution in [0.3, 0.4) is 0 Å². The average molecular weight is 405 g/mol. The lowest BCUT2D eigenvalue weighted by atomic mass is 10.1. The van der Waals surface area contributed by atoms with Gasteiger partial charge >= 0.3 is 0 Å². The second kappa shape index (κ2) is 7.55. The predicted octanol–water partition coefficient (Wildman–Crippen LogP) is 3.93. The SMILES string of the molecule is COc1ccc2c(O)c(C=C3N=Nc4ncccc43)oc2c1CN1CCNC(C)C1. The van der Waals surface area contributed by atoms with Crippen molar-refractivity contribution < 1.29 is 14.3 Å². The van der Waals surface area contributed by atoms with Gasteiger partial charge in [-0.05, 0) is 31.2 Å². The number of aromatic hydroxyl groups is 1. The molecule has 0 aliphatic carbocycles. The van der Waals surface area contributed by atoms with Crippen LogP contribution in [0.1, 0.15) is 23.8 Å². The summed E-state index contributed by atoms with van der Waals surface area (Å²) in [5.74, 6) is 1.74. The Hall–Kier alpha value is -3.23. The smallest absolute Gasteiger partial charge is 0.183 e. The van der Waals surface area contributed by atoms with E-state index in [0.29, 0.717) is 40.8 Å². The number of nitrogens with zero attached hydrogens (tertiary/aromatic N) is 4. The molecule has 2 aliphatic rings. The fourth-order valence-electron chi connectivity index (χ4n) is 4.08. The van der Waals surface area contributed by atoms with Gasteiger partial charge in [-0.1, -0.05) is 0 Å². The summed E-state index contributed by atoms with van der Waals surface area (Å²) in [7, 11) is 1.65.